The number of nitrogens with zero attached hydrogens (tertiary/aromatic N) is 1. The van der Waals surface area contributed by atoms with E-state index in [0.717, 1.165) is 54.7 Å². The van der Waals surface area contributed by atoms with Crippen LogP contribution in [0.15, 0.2) is 72.8 Å². The van der Waals surface area contributed by atoms with E-state index in [9.17, 15) is 0 Å². The van der Waals surface area contributed by atoms with Gasteiger partial charge in [-0.15, -0.1) is 0 Å². The second-order valence-electron chi connectivity index (χ2n) is 12.4. The molecule has 5 rings (SSSR count). The number of unbranched alkanes of at least 4 members (excludes halogenated alkanes) is 4. The molecule has 0 aromatic heterocycles. The van der Waals surface area contributed by atoms with E-state index in [0.29, 0.717) is 0 Å². The van der Waals surface area contributed by atoms with Gasteiger partial charge in [-0.3, -0.25) is 0 Å². The Bertz CT molecular complexity index is 1630. The van der Waals surface area contributed by atoms with Crippen molar-refractivity contribution in [1.29, 1.82) is 0 Å². The molecule has 3 nitrogen and oxygen atoms in total. The van der Waals surface area contributed by atoms with Gasteiger partial charge < -0.3 is 10.6 Å². The van der Waals surface area contributed by atoms with Gasteiger partial charge in [-0.2, -0.15) is 0 Å². The molecule has 1 aliphatic carbocycles. The number of hydrogen-bond acceptors (Lipinski definition) is 2. The van der Waals surface area contributed by atoms with Gasteiger partial charge in [0.05, 0.1) is 17.9 Å². The highest BCUT2D eigenvalue weighted by atomic mass is 14.9. The number of benzene rings is 4. The van der Waals surface area contributed by atoms with E-state index >= 15 is 0 Å². The number of rotatable bonds is 13. The summed E-state index contributed by atoms with van der Waals surface area (Å²) in [5, 5.41) is 6.61. The minimum Gasteiger partial charge on any atom is -0.386 e. The van der Waals surface area contributed by atoms with Crippen LogP contribution in [0.2, 0.25) is 0 Å². The largest absolute Gasteiger partial charge is 0.386 e. The van der Waals surface area contributed by atoms with Crippen molar-refractivity contribution in [3.8, 4) is 11.1 Å². The van der Waals surface area contributed by atoms with E-state index in [4.69, 9.17) is 6.57 Å². The van der Waals surface area contributed by atoms with Crippen LogP contribution in [0.3, 0.4) is 0 Å². The minimum absolute atomic E-state index is 0.270. The number of hydrogen-bond donors (Lipinski definition) is 2. The normalized spacial score (nSPS) is 15.1. The van der Waals surface area contributed by atoms with Gasteiger partial charge in [0.1, 0.15) is 0 Å². The average molecular weight is 570 g/mol. The first-order valence-corrected chi connectivity index (χ1v) is 16.2. The molecule has 3 heteroatoms. The molecule has 4 aromatic carbocycles. The van der Waals surface area contributed by atoms with Crippen molar-refractivity contribution < 1.29 is 0 Å². The van der Waals surface area contributed by atoms with Gasteiger partial charge in [0, 0.05) is 19.5 Å². The molecule has 2 N–H and O–H groups in total. The van der Waals surface area contributed by atoms with Gasteiger partial charge >= 0.3 is 0 Å². The molecule has 0 heterocycles. The summed E-state index contributed by atoms with van der Waals surface area (Å²) in [6.45, 7) is 14.7. The van der Waals surface area contributed by atoms with Crippen molar-refractivity contribution in [2.24, 2.45) is 0 Å². The van der Waals surface area contributed by atoms with Crippen molar-refractivity contribution in [1.82, 2.24) is 0 Å². The summed E-state index contributed by atoms with van der Waals surface area (Å²) in [7, 11) is 3.95. The zero-order valence-electron chi connectivity index (χ0n) is 26.7. The van der Waals surface area contributed by atoms with Crippen LogP contribution < -0.4 is 10.6 Å². The summed E-state index contributed by atoms with van der Waals surface area (Å²) in [5.41, 5.74) is 14.5. The topological polar surface area (TPSA) is 28.4 Å². The fourth-order valence-corrected chi connectivity index (χ4v) is 7.21. The number of fused-ring (bicyclic) bond motifs is 3. The highest BCUT2D eigenvalue weighted by Gasteiger charge is 2.45. The number of nitrogens with one attached hydrogen (secondary N) is 2. The lowest BCUT2D eigenvalue weighted by atomic mass is 9.68. The lowest BCUT2D eigenvalue weighted by molar-refractivity contribution is 0.526. The van der Waals surface area contributed by atoms with E-state index < -0.39 is 0 Å². The van der Waals surface area contributed by atoms with Crippen LogP contribution in [0.25, 0.3) is 16.0 Å². The standard InChI is InChI=1S/C40H47N3/c1-7-8-9-10-14-30-16-13-17-32(26-30)40(22-12-11-15-31-19-21-36(41-4)37(27-31)42-5)34-23-28(2)18-20-33(34)39-35(40)24-29(3)25-38(39)43-6/h13,16-21,23-27,41-42H,7-12,14-15,22H2,1-5H3. The van der Waals surface area contributed by atoms with Crippen LogP contribution in [0, 0.1) is 20.4 Å². The molecule has 1 unspecified atom stereocenters. The lowest BCUT2D eigenvalue weighted by Gasteiger charge is -2.34. The molecule has 0 radical (unpaired) electrons. The predicted molar refractivity (Wildman–Crippen MR) is 185 cm³/mol. The third kappa shape index (κ3) is 6.07. The molecule has 1 aliphatic rings. The molecule has 1 atom stereocenters. The summed E-state index contributed by atoms with van der Waals surface area (Å²) >= 11 is 0. The van der Waals surface area contributed by atoms with Crippen molar-refractivity contribution in [3.63, 3.8) is 0 Å². The Morgan fingerprint density at radius 1 is 0.698 bits per heavy atom. The Morgan fingerprint density at radius 2 is 1.44 bits per heavy atom. The van der Waals surface area contributed by atoms with Crippen molar-refractivity contribution in [2.45, 2.75) is 84.0 Å². The molecule has 0 saturated carbocycles. The highest BCUT2D eigenvalue weighted by Crippen LogP contribution is 2.58. The molecule has 43 heavy (non-hydrogen) atoms. The SMILES string of the molecule is [C-]#[N+]c1cc(C)cc2c1-c1ccc(C)cc1C2(CCCCc1ccc(NC)c(NC)c1)c1cccc(CCCCCC)c1. The van der Waals surface area contributed by atoms with E-state index in [1.807, 2.05) is 14.1 Å². The molecule has 222 valence electrons. The van der Waals surface area contributed by atoms with E-state index in [2.05, 4.69) is 109 Å². The molecule has 0 fully saturated rings. The van der Waals surface area contributed by atoms with Crippen molar-refractivity contribution >= 4 is 17.1 Å². The van der Waals surface area contributed by atoms with Crippen molar-refractivity contribution in [3.05, 3.63) is 123 Å². The monoisotopic (exact) mass is 569 g/mol. The predicted octanol–water partition coefficient (Wildman–Crippen LogP) is 10.8. The minimum atomic E-state index is -0.270. The second kappa shape index (κ2) is 13.5. The van der Waals surface area contributed by atoms with Gasteiger partial charge in [0.25, 0.3) is 0 Å². The summed E-state index contributed by atoms with van der Waals surface area (Å²) < 4.78 is 0. The molecule has 0 aliphatic heterocycles. The van der Waals surface area contributed by atoms with Gasteiger partial charge in [-0.05, 0) is 97.0 Å². The first kappa shape index (κ1) is 30.4. The van der Waals surface area contributed by atoms with E-state index in [-0.39, 0.29) is 5.41 Å². The average Bonchev–Trinajstić information content (AvgIpc) is 3.30. The van der Waals surface area contributed by atoms with Crippen LogP contribution in [0.4, 0.5) is 17.1 Å². The van der Waals surface area contributed by atoms with Crippen LogP contribution in [-0.2, 0) is 18.3 Å². The second-order valence-corrected chi connectivity index (χ2v) is 12.4. The molecule has 4 aromatic rings. The highest BCUT2D eigenvalue weighted by molar-refractivity contribution is 5.92. The molecular formula is C40H47N3. The third-order valence-electron chi connectivity index (χ3n) is 9.37. The van der Waals surface area contributed by atoms with Crippen molar-refractivity contribution in [2.75, 3.05) is 24.7 Å². The fraction of sp³-hybridized carbons (Fsp3) is 0.375. The summed E-state index contributed by atoms with van der Waals surface area (Å²) in [6, 6.07) is 27.5. The van der Waals surface area contributed by atoms with Crippen LogP contribution in [0.5, 0.6) is 0 Å². The zero-order chi connectivity index (χ0) is 30.4. The Labute approximate surface area is 259 Å². The molecule has 0 bridgehead atoms. The Kier molecular flexibility index (Phi) is 9.56. The molecule has 0 spiro atoms. The van der Waals surface area contributed by atoms with Crippen LogP contribution in [0.1, 0.15) is 90.8 Å². The molecule has 0 saturated heterocycles. The maximum atomic E-state index is 8.11. The van der Waals surface area contributed by atoms with E-state index in [1.165, 1.54) is 70.2 Å². The van der Waals surface area contributed by atoms with Gasteiger partial charge in [0.15, 0.2) is 5.69 Å². The fourth-order valence-electron chi connectivity index (χ4n) is 7.21. The zero-order valence-corrected chi connectivity index (χ0v) is 26.7. The third-order valence-corrected chi connectivity index (χ3v) is 9.37. The molecular weight excluding hydrogens is 522 g/mol. The van der Waals surface area contributed by atoms with E-state index in [1.54, 1.807) is 0 Å². The lowest BCUT2D eigenvalue weighted by Crippen LogP contribution is -2.27. The Morgan fingerprint density at radius 3 is 2.19 bits per heavy atom. The molecule has 0 amide bonds. The van der Waals surface area contributed by atoms with Gasteiger partial charge in [-0.25, -0.2) is 4.85 Å². The Balaban J connectivity index is 1.56. The maximum absolute atomic E-state index is 8.11. The summed E-state index contributed by atoms with van der Waals surface area (Å²) in [5.74, 6) is 0. The summed E-state index contributed by atoms with van der Waals surface area (Å²) in [4.78, 5) is 4.06. The number of aryl methyl sites for hydroxylation is 4. The van der Waals surface area contributed by atoms with Gasteiger partial charge in [0.2, 0.25) is 0 Å². The van der Waals surface area contributed by atoms with Crippen LogP contribution >= 0.6 is 0 Å². The van der Waals surface area contributed by atoms with Crippen LogP contribution in [-0.4, -0.2) is 14.1 Å². The van der Waals surface area contributed by atoms with Gasteiger partial charge in [-0.1, -0.05) is 104 Å². The Hall–Kier alpha value is -4.03. The number of anilines is 2. The maximum Gasteiger partial charge on any atom is 0.195 e. The summed E-state index contributed by atoms with van der Waals surface area (Å²) in [6.07, 6.45) is 10.5. The first-order valence-electron chi connectivity index (χ1n) is 16.2. The smallest absolute Gasteiger partial charge is 0.195 e. The first-order chi connectivity index (χ1) is 20.9. The quantitative estimate of drug-likeness (QED) is 0.124.